The summed E-state index contributed by atoms with van der Waals surface area (Å²) in [4.78, 5) is 4.40. The quantitative estimate of drug-likeness (QED) is 0.419. The third-order valence-electron chi connectivity index (χ3n) is 3.99. The number of aromatic nitrogens is 1. The van der Waals surface area contributed by atoms with Gasteiger partial charge in [-0.3, -0.25) is 0 Å². The summed E-state index contributed by atoms with van der Waals surface area (Å²) in [5.41, 5.74) is 4.33. The highest BCUT2D eigenvalue weighted by atomic mass is 16.4. The summed E-state index contributed by atoms with van der Waals surface area (Å²) >= 11 is 0. The molecule has 4 aromatic rings. The van der Waals surface area contributed by atoms with Crippen LogP contribution >= 0.6 is 0 Å². The Balaban J connectivity index is 1.53. The lowest BCUT2D eigenvalue weighted by Crippen LogP contribution is -1.78. The molecule has 2 nitrogen and oxygen atoms in total. The van der Waals surface area contributed by atoms with Crippen LogP contribution in [0.5, 0.6) is 0 Å². The van der Waals surface area contributed by atoms with Crippen LogP contribution in [0.25, 0.3) is 34.9 Å². The van der Waals surface area contributed by atoms with Crippen LogP contribution in [0.2, 0.25) is 0 Å². The minimum absolute atomic E-state index is 0.637. The number of benzene rings is 3. The molecule has 2 heteroatoms. The first kappa shape index (κ1) is 15.2. The maximum absolute atomic E-state index is 5.90. The molecule has 0 aliphatic rings. The van der Waals surface area contributed by atoms with Gasteiger partial charge in [0, 0.05) is 11.1 Å². The number of rotatable bonds is 4. The normalized spacial score (nSPS) is 11.0. The van der Waals surface area contributed by atoms with Crippen molar-refractivity contribution in [2.45, 2.75) is 0 Å². The molecule has 0 aliphatic carbocycles. The van der Waals surface area contributed by atoms with Gasteiger partial charge in [-0.1, -0.05) is 84.9 Å². The van der Waals surface area contributed by atoms with Crippen molar-refractivity contribution < 1.29 is 4.42 Å². The van der Waals surface area contributed by atoms with Gasteiger partial charge in [0.2, 0.25) is 5.89 Å². The molecule has 0 fully saturated rings. The van der Waals surface area contributed by atoms with E-state index in [1.807, 2.05) is 60.7 Å². The van der Waals surface area contributed by atoms with Gasteiger partial charge in [0.25, 0.3) is 0 Å². The molecule has 0 unspecified atom stereocenters. The molecule has 0 amide bonds. The molecular weight excluding hydrogens is 306 g/mol. The molecule has 0 atom stereocenters. The summed E-state index contributed by atoms with van der Waals surface area (Å²) in [7, 11) is 0. The van der Waals surface area contributed by atoms with Crippen LogP contribution < -0.4 is 0 Å². The summed E-state index contributed by atoms with van der Waals surface area (Å²) in [6.45, 7) is 0. The van der Waals surface area contributed by atoms with E-state index in [1.54, 1.807) is 6.20 Å². The Kier molecular flexibility index (Phi) is 4.25. The zero-order chi connectivity index (χ0) is 16.9. The minimum atomic E-state index is 0.637. The molecule has 0 spiro atoms. The van der Waals surface area contributed by atoms with E-state index in [4.69, 9.17) is 4.42 Å². The average molecular weight is 323 g/mol. The van der Waals surface area contributed by atoms with Gasteiger partial charge in [-0.2, -0.15) is 0 Å². The van der Waals surface area contributed by atoms with Crippen LogP contribution in [0.3, 0.4) is 0 Å². The lowest BCUT2D eigenvalue weighted by Gasteiger charge is -1.98. The Labute approximate surface area is 147 Å². The monoisotopic (exact) mass is 323 g/mol. The molecule has 120 valence electrons. The van der Waals surface area contributed by atoms with Gasteiger partial charge in [-0.25, -0.2) is 4.98 Å². The van der Waals surface area contributed by atoms with Crippen molar-refractivity contribution >= 4 is 12.2 Å². The van der Waals surface area contributed by atoms with Crippen molar-refractivity contribution in [3.63, 3.8) is 0 Å². The van der Waals surface area contributed by atoms with Gasteiger partial charge in [0.05, 0.1) is 6.20 Å². The molecule has 0 saturated carbocycles. The fraction of sp³-hybridized carbons (Fsp3) is 0. The summed E-state index contributed by atoms with van der Waals surface area (Å²) in [5, 5.41) is 0. The van der Waals surface area contributed by atoms with E-state index in [0.717, 1.165) is 22.5 Å². The molecule has 1 heterocycles. The number of nitrogens with zero attached hydrogens (tertiary/aromatic N) is 1. The van der Waals surface area contributed by atoms with Crippen molar-refractivity contribution in [1.29, 1.82) is 0 Å². The number of hydrogen-bond donors (Lipinski definition) is 0. The third-order valence-corrected chi connectivity index (χ3v) is 3.99. The summed E-state index contributed by atoms with van der Waals surface area (Å²) in [6, 6.07) is 28.5. The van der Waals surface area contributed by atoms with Crippen LogP contribution in [0.4, 0.5) is 0 Å². The Morgan fingerprint density at radius 1 is 0.600 bits per heavy atom. The van der Waals surface area contributed by atoms with E-state index in [-0.39, 0.29) is 0 Å². The highest BCUT2D eigenvalue weighted by Crippen LogP contribution is 2.26. The average Bonchev–Trinajstić information content (AvgIpc) is 3.19. The molecule has 0 bridgehead atoms. The molecule has 0 aliphatic heterocycles. The fourth-order valence-corrected chi connectivity index (χ4v) is 2.64. The van der Waals surface area contributed by atoms with Crippen molar-refractivity contribution in [1.82, 2.24) is 4.98 Å². The number of hydrogen-bond acceptors (Lipinski definition) is 2. The molecular formula is C23H17NO. The highest BCUT2D eigenvalue weighted by molar-refractivity contribution is 5.71. The van der Waals surface area contributed by atoms with Crippen LogP contribution in [0, 0.1) is 0 Å². The molecule has 3 aromatic carbocycles. The van der Waals surface area contributed by atoms with E-state index in [9.17, 15) is 0 Å². The van der Waals surface area contributed by atoms with Gasteiger partial charge < -0.3 is 4.42 Å². The van der Waals surface area contributed by atoms with Crippen LogP contribution in [0.15, 0.2) is 95.5 Å². The van der Waals surface area contributed by atoms with E-state index >= 15 is 0 Å². The first-order valence-electron chi connectivity index (χ1n) is 8.23. The summed E-state index contributed by atoms with van der Waals surface area (Å²) < 4.78 is 5.90. The predicted octanol–water partition coefficient (Wildman–Crippen LogP) is 6.18. The van der Waals surface area contributed by atoms with Gasteiger partial charge in [-0.05, 0) is 23.3 Å². The minimum Gasteiger partial charge on any atom is -0.436 e. The van der Waals surface area contributed by atoms with Crippen LogP contribution in [-0.4, -0.2) is 4.98 Å². The molecule has 0 N–H and O–H groups in total. The zero-order valence-electron chi connectivity index (χ0n) is 13.7. The van der Waals surface area contributed by atoms with Gasteiger partial charge in [0.15, 0.2) is 5.76 Å². The largest absolute Gasteiger partial charge is 0.436 e. The van der Waals surface area contributed by atoms with E-state index in [1.165, 1.54) is 5.56 Å². The van der Waals surface area contributed by atoms with Crippen LogP contribution in [-0.2, 0) is 0 Å². The highest BCUT2D eigenvalue weighted by Gasteiger charge is 2.07. The molecule has 4 rings (SSSR count). The molecule has 25 heavy (non-hydrogen) atoms. The van der Waals surface area contributed by atoms with Crippen molar-refractivity contribution in [3.8, 4) is 22.8 Å². The van der Waals surface area contributed by atoms with E-state index < -0.39 is 0 Å². The Bertz CT molecular complexity index is 968. The second kappa shape index (κ2) is 7.02. The van der Waals surface area contributed by atoms with E-state index in [0.29, 0.717) is 5.89 Å². The molecule has 1 aromatic heterocycles. The summed E-state index contributed by atoms with van der Waals surface area (Å²) in [5.74, 6) is 1.42. The Hall–Kier alpha value is -3.39. The predicted molar refractivity (Wildman–Crippen MR) is 103 cm³/mol. The number of oxazole rings is 1. The topological polar surface area (TPSA) is 26.0 Å². The summed E-state index contributed by atoms with van der Waals surface area (Å²) in [6.07, 6.45) is 5.98. The standard InChI is InChI=1S/C23H17NO/c1-3-7-18(8-4-1)11-12-19-13-15-21(16-14-19)23-24-17-22(25-23)20-9-5-2-6-10-20/h1-17H/b12-11+. The van der Waals surface area contributed by atoms with Crippen molar-refractivity contribution in [2.75, 3.05) is 0 Å². The maximum atomic E-state index is 5.90. The third kappa shape index (κ3) is 3.59. The van der Waals surface area contributed by atoms with Gasteiger partial charge in [-0.15, -0.1) is 0 Å². The second-order valence-corrected chi connectivity index (χ2v) is 5.76. The molecule has 0 radical (unpaired) electrons. The van der Waals surface area contributed by atoms with Crippen molar-refractivity contribution in [2.24, 2.45) is 0 Å². The fourth-order valence-electron chi connectivity index (χ4n) is 2.64. The zero-order valence-corrected chi connectivity index (χ0v) is 13.7. The first-order valence-corrected chi connectivity index (χ1v) is 8.23. The smallest absolute Gasteiger partial charge is 0.226 e. The van der Waals surface area contributed by atoms with Gasteiger partial charge in [0.1, 0.15) is 0 Å². The van der Waals surface area contributed by atoms with Crippen LogP contribution in [0.1, 0.15) is 11.1 Å². The maximum Gasteiger partial charge on any atom is 0.226 e. The van der Waals surface area contributed by atoms with Gasteiger partial charge >= 0.3 is 0 Å². The first-order chi connectivity index (χ1) is 12.4. The Morgan fingerprint density at radius 3 is 1.88 bits per heavy atom. The van der Waals surface area contributed by atoms with Crippen molar-refractivity contribution in [3.05, 3.63) is 102 Å². The second-order valence-electron chi connectivity index (χ2n) is 5.76. The van der Waals surface area contributed by atoms with E-state index in [2.05, 4.69) is 41.4 Å². The molecule has 0 saturated heterocycles. The lowest BCUT2D eigenvalue weighted by molar-refractivity contribution is 0.589. The SMILES string of the molecule is C(=C\c1ccc(-c2ncc(-c3ccccc3)o2)cc1)/c1ccccc1. The lowest BCUT2D eigenvalue weighted by atomic mass is 10.1. The Morgan fingerprint density at radius 2 is 1.20 bits per heavy atom.